The van der Waals surface area contributed by atoms with Crippen molar-refractivity contribution in [2.75, 3.05) is 7.05 Å². The second-order valence-corrected chi connectivity index (χ2v) is 6.57. The van der Waals surface area contributed by atoms with Gasteiger partial charge in [0.2, 0.25) is 0 Å². The third kappa shape index (κ3) is 2.19. The zero-order valence-corrected chi connectivity index (χ0v) is 12.2. The molecule has 2 heterocycles. The molecule has 1 atom stereocenters. The summed E-state index contributed by atoms with van der Waals surface area (Å²) in [5, 5.41) is 6.29. The normalized spacial score (nSPS) is 13.0. The summed E-state index contributed by atoms with van der Waals surface area (Å²) < 4.78 is 2.72. The van der Waals surface area contributed by atoms with Crippen LogP contribution in [0.5, 0.6) is 0 Å². The first kappa shape index (κ1) is 12.2. The Bertz CT molecular complexity index is 643. The van der Waals surface area contributed by atoms with Crippen molar-refractivity contribution in [2.24, 2.45) is 0 Å². The summed E-state index contributed by atoms with van der Waals surface area (Å²) in [7, 11) is 1.99. The molecule has 0 saturated carbocycles. The highest BCUT2D eigenvalue weighted by Gasteiger charge is 2.15. The van der Waals surface area contributed by atoms with Crippen molar-refractivity contribution in [3.05, 3.63) is 57.2 Å². The predicted molar refractivity (Wildman–Crippen MR) is 82.1 cm³/mol. The second-order valence-electron chi connectivity index (χ2n) is 4.07. The van der Waals surface area contributed by atoms with E-state index in [4.69, 9.17) is 11.6 Å². The Kier molecular flexibility index (Phi) is 3.39. The van der Waals surface area contributed by atoms with E-state index in [1.807, 2.05) is 36.6 Å². The summed E-state index contributed by atoms with van der Waals surface area (Å²) >= 11 is 9.70. The molecule has 4 heteroatoms. The first-order chi connectivity index (χ1) is 8.78. The standard InChI is InChI=1S/C14H12ClNS2/c1-16-14(9-3-2-4-10(15)7-9)13-8-12-11(18-13)5-6-17-12/h2-8,14,16H,1H3. The Hall–Kier alpha value is -0.870. The molecule has 0 amide bonds. The molecule has 0 aliphatic rings. The van der Waals surface area contributed by atoms with Crippen LogP contribution in [0.3, 0.4) is 0 Å². The Morgan fingerprint density at radius 3 is 2.78 bits per heavy atom. The molecule has 0 fully saturated rings. The molecule has 1 N–H and O–H groups in total. The van der Waals surface area contributed by atoms with Crippen molar-refractivity contribution in [3.63, 3.8) is 0 Å². The molecule has 0 aliphatic heterocycles. The van der Waals surface area contributed by atoms with E-state index in [0.29, 0.717) is 0 Å². The minimum atomic E-state index is 0.216. The van der Waals surface area contributed by atoms with Crippen LogP contribution < -0.4 is 5.32 Å². The fourth-order valence-electron chi connectivity index (χ4n) is 2.09. The third-order valence-corrected chi connectivity index (χ3v) is 5.31. The number of halogens is 1. The van der Waals surface area contributed by atoms with Crippen molar-refractivity contribution >= 4 is 43.7 Å². The average molecular weight is 294 g/mol. The van der Waals surface area contributed by atoms with Crippen molar-refractivity contribution in [1.82, 2.24) is 5.32 Å². The Morgan fingerprint density at radius 1 is 1.17 bits per heavy atom. The van der Waals surface area contributed by atoms with Gasteiger partial charge in [-0.15, -0.1) is 22.7 Å². The number of hydrogen-bond donors (Lipinski definition) is 1. The second kappa shape index (κ2) is 5.02. The summed E-state index contributed by atoms with van der Waals surface area (Å²) in [4.78, 5) is 1.33. The van der Waals surface area contributed by atoms with Gasteiger partial charge in [-0.3, -0.25) is 0 Å². The van der Waals surface area contributed by atoms with E-state index in [1.165, 1.54) is 19.8 Å². The fraction of sp³-hybridized carbons (Fsp3) is 0.143. The number of nitrogens with one attached hydrogen (secondary N) is 1. The van der Waals surface area contributed by atoms with Gasteiger partial charge in [-0.05, 0) is 42.3 Å². The van der Waals surface area contributed by atoms with Crippen molar-refractivity contribution in [2.45, 2.75) is 6.04 Å². The third-order valence-electron chi connectivity index (χ3n) is 2.91. The maximum absolute atomic E-state index is 6.07. The van der Waals surface area contributed by atoms with Crippen LogP contribution in [0.1, 0.15) is 16.5 Å². The summed E-state index contributed by atoms with van der Waals surface area (Å²) in [6, 6.07) is 12.7. The van der Waals surface area contributed by atoms with Crippen LogP contribution in [0, 0.1) is 0 Å². The zero-order valence-electron chi connectivity index (χ0n) is 9.81. The molecule has 18 heavy (non-hydrogen) atoms. The molecule has 2 aromatic heterocycles. The van der Waals surface area contributed by atoms with Crippen LogP contribution in [-0.4, -0.2) is 7.05 Å². The van der Waals surface area contributed by atoms with Gasteiger partial charge in [0.15, 0.2) is 0 Å². The number of fused-ring (bicyclic) bond motifs is 1. The van der Waals surface area contributed by atoms with Crippen LogP contribution in [-0.2, 0) is 0 Å². The van der Waals surface area contributed by atoms with Gasteiger partial charge < -0.3 is 5.32 Å². The molecular weight excluding hydrogens is 282 g/mol. The highest BCUT2D eigenvalue weighted by Crippen LogP contribution is 2.36. The summed E-state index contributed by atoms with van der Waals surface area (Å²) in [6.07, 6.45) is 0. The minimum absolute atomic E-state index is 0.216. The first-order valence-electron chi connectivity index (χ1n) is 5.67. The number of hydrogen-bond acceptors (Lipinski definition) is 3. The van der Waals surface area contributed by atoms with Crippen molar-refractivity contribution in [3.8, 4) is 0 Å². The summed E-state index contributed by atoms with van der Waals surface area (Å²) in [5.41, 5.74) is 1.21. The maximum atomic E-state index is 6.07. The lowest BCUT2D eigenvalue weighted by molar-refractivity contribution is 0.704. The lowest BCUT2D eigenvalue weighted by Gasteiger charge is -2.15. The molecule has 1 aromatic carbocycles. The molecule has 0 spiro atoms. The summed E-state index contributed by atoms with van der Waals surface area (Å²) in [5.74, 6) is 0. The molecule has 0 saturated heterocycles. The highest BCUT2D eigenvalue weighted by molar-refractivity contribution is 7.27. The highest BCUT2D eigenvalue weighted by atomic mass is 35.5. The van der Waals surface area contributed by atoms with Crippen molar-refractivity contribution < 1.29 is 0 Å². The first-order valence-corrected chi connectivity index (χ1v) is 7.75. The lowest BCUT2D eigenvalue weighted by Crippen LogP contribution is -2.16. The van der Waals surface area contributed by atoms with E-state index in [9.17, 15) is 0 Å². The minimum Gasteiger partial charge on any atom is -0.309 e. The van der Waals surface area contributed by atoms with Crippen LogP contribution >= 0.6 is 34.3 Å². The Labute approximate surface area is 119 Å². The van der Waals surface area contributed by atoms with Crippen LogP contribution in [0.25, 0.3) is 9.40 Å². The van der Waals surface area contributed by atoms with Gasteiger partial charge in [-0.25, -0.2) is 0 Å². The van der Waals surface area contributed by atoms with Gasteiger partial charge in [0.1, 0.15) is 0 Å². The van der Waals surface area contributed by atoms with Crippen LogP contribution in [0.15, 0.2) is 41.8 Å². The molecule has 3 aromatic rings. The molecule has 92 valence electrons. The van der Waals surface area contributed by atoms with Gasteiger partial charge >= 0.3 is 0 Å². The zero-order chi connectivity index (χ0) is 12.5. The monoisotopic (exact) mass is 293 g/mol. The van der Waals surface area contributed by atoms with E-state index >= 15 is 0 Å². The topological polar surface area (TPSA) is 12.0 Å². The molecule has 0 radical (unpaired) electrons. The van der Waals surface area contributed by atoms with E-state index in [-0.39, 0.29) is 6.04 Å². The Balaban J connectivity index is 2.04. The predicted octanol–water partition coefficient (Wildman–Crippen LogP) is 4.93. The molecule has 1 nitrogen and oxygen atoms in total. The molecule has 1 unspecified atom stereocenters. The van der Waals surface area contributed by atoms with Gasteiger partial charge in [-0.2, -0.15) is 0 Å². The molecule has 3 rings (SSSR count). The SMILES string of the molecule is CNC(c1cccc(Cl)c1)c1cc2sccc2s1. The van der Waals surface area contributed by atoms with E-state index < -0.39 is 0 Å². The Morgan fingerprint density at radius 2 is 2.06 bits per heavy atom. The van der Waals surface area contributed by atoms with E-state index in [1.54, 1.807) is 11.3 Å². The van der Waals surface area contributed by atoms with Gasteiger partial charge in [0, 0.05) is 19.3 Å². The van der Waals surface area contributed by atoms with Gasteiger partial charge in [-0.1, -0.05) is 23.7 Å². The number of thiophene rings is 2. The fourth-order valence-corrected chi connectivity index (χ4v) is 4.54. The number of benzene rings is 1. The molecule has 0 bridgehead atoms. The average Bonchev–Trinajstić information content (AvgIpc) is 2.91. The smallest absolute Gasteiger partial charge is 0.0669 e. The largest absolute Gasteiger partial charge is 0.309 e. The quantitative estimate of drug-likeness (QED) is 0.722. The molecule has 0 aliphatic carbocycles. The number of rotatable bonds is 3. The van der Waals surface area contributed by atoms with Gasteiger partial charge in [0.25, 0.3) is 0 Å². The lowest BCUT2D eigenvalue weighted by atomic mass is 10.1. The van der Waals surface area contributed by atoms with Crippen LogP contribution in [0.4, 0.5) is 0 Å². The summed E-state index contributed by atoms with van der Waals surface area (Å²) in [6.45, 7) is 0. The molecular formula is C14H12ClNS2. The van der Waals surface area contributed by atoms with Gasteiger partial charge in [0.05, 0.1) is 6.04 Å². The van der Waals surface area contributed by atoms with Crippen molar-refractivity contribution in [1.29, 1.82) is 0 Å². The van der Waals surface area contributed by atoms with Crippen LogP contribution in [0.2, 0.25) is 5.02 Å². The van der Waals surface area contributed by atoms with E-state index in [0.717, 1.165) is 5.02 Å². The maximum Gasteiger partial charge on any atom is 0.0669 e. The van der Waals surface area contributed by atoms with E-state index in [2.05, 4.69) is 28.9 Å².